The van der Waals surface area contributed by atoms with Gasteiger partial charge in [0.2, 0.25) is 0 Å². The number of amidine groups is 1. The van der Waals surface area contributed by atoms with E-state index in [1.165, 1.54) is 28.8 Å². The fourth-order valence-electron chi connectivity index (χ4n) is 2.19. The number of nitrogens with zero attached hydrogens (tertiary/aromatic N) is 2. The van der Waals surface area contributed by atoms with Gasteiger partial charge in [0.05, 0.1) is 26.2 Å². The Morgan fingerprint density at radius 2 is 1.85 bits per heavy atom. The normalized spacial score (nSPS) is 17.3. The average molecular weight is 407 g/mol. The molecule has 0 aromatic heterocycles. The predicted molar refractivity (Wildman–Crippen MR) is 105 cm³/mol. The van der Waals surface area contributed by atoms with E-state index in [4.69, 9.17) is 28.3 Å². The summed E-state index contributed by atoms with van der Waals surface area (Å²) in [6, 6.07) is 11.2. The van der Waals surface area contributed by atoms with Crippen LogP contribution in [0.15, 0.2) is 52.4 Å². The summed E-state index contributed by atoms with van der Waals surface area (Å²) in [4.78, 5) is 29.7. The minimum absolute atomic E-state index is 0.178. The van der Waals surface area contributed by atoms with Crippen molar-refractivity contribution in [1.82, 2.24) is 4.90 Å². The zero-order valence-electron chi connectivity index (χ0n) is 13.4. The van der Waals surface area contributed by atoms with Crippen LogP contribution in [0.3, 0.4) is 0 Å². The van der Waals surface area contributed by atoms with Crippen LogP contribution in [0.1, 0.15) is 15.9 Å². The molecule has 0 atom stereocenters. The van der Waals surface area contributed by atoms with Gasteiger partial charge in [-0.25, -0.2) is 9.79 Å². The molecule has 1 aliphatic rings. The van der Waals surface area contributed by atoms with Crippen LogP contribution in [0.25, 0.3) is 6.08 Å². The third kappa shape index (κ3) is 3.93. The van der Waals surface area contributed by atoms with E-state index in [2.05, 4.69) is 4.99 Å². The molecule has 0 bridgehead atoms. The number of thioether (sulfide) groups is 1. The van der Waals surface area contributed by atoms with E-state index < -0.39 is 5.97 Å². The molecule has 1 heterocycles. The van der Waals surface area contributed by atoms with Gasteiger partial charge >= 0.3 is 5.97 Å². The highest BCUT2D eigenvalue weighted by Gasteiger charge is 2.30. The van der Waals surface area contributed by atoms with E-state index in [1.807, 2.05) is 0 Å². The summed E-state index contributed by atoms with van der Waals surface area (Å²) < 4.78 is 0. The van der Waals surface area contributed by atoms with Gasteiger partial charge in [-0.2, -0.15) is 0 Å². The van der Waals surface area contributed by atoms with Crippen LogP contribution >= 0.6 is 35.0 Å². The van der Waals surface area contributed by atoms with E-state index in [0.717, 1.165) is 5.56 Å². The molecule has 1 N–H and O–H groups in total. The Hall–Kier alpha value is -2.28. The molecule has 26 heavy (non-hydrogen) atoms. The number of carboxylic acids is 1. The molecule has 1 fully saturated rings. The fourth-order valence-corrected chi connectivity index (χ4v) is 3.49. The van der Waals surface area contributed by atoms with Crippen molar-refractivity contribution in [2.24, 2.45) is 4.99 Å². The molecule has 0 saturated carbocycles. The van der Waals surface area contributed by atoms with E-state index in [-0.39, 0.29) is 11.5 Å². The maximum Gasteiger partial charge on any atom is 0.335 e. The number of halogens is 2. The second kappa shape index (κ2) is 7.53. The standard InChI is InChI=1S/C18H12Cl2N2O3S/c1-22-16(23)15(9-10-2-7-13(19)14(20)8-10)26-18(22)21-12-5-3-11(4-6-12)17(24)25/h2-9H,1H3,(H,24,25)/b15-9-,21-18?. The molecule has 1 saturated heterocycles. The van der Waals surface area contributed by atoms with Crippen molar-refractivity contribution < 1.29 is 14.7 Å². The molecule has 2 aromatic rings. The Morgan fingerprint density at radius 3 is 2.46 bits per heavy atom. The molecule has 3 rings (SSSR count). The number of carbonyl (C=O) groups excluding carboxylic acids is 1. The van der Waals surface area contributed by atoms with Crippen LogP contribution < -0.4 is 0 Å². The summed E-state index contributed by atoms with van der Waals surface area (Å²) in [5.41, 5.74) is 1.50. The molecule has 1 aliphatic heterocycles. The van der Waals surface area contributed by atoms with Gasteiger partial charge in [-0.15, -0.1) is 0 Å². The Labute approximate surface area is 163 Å². The number of carboxylic acid groups (broad SMARTS) is 1. The lowest BCUT2D eigenvalue weighted by molar-refractivity contribution is -0.121. The molecule has 0 unspecified atom stereocenters. The largest absolute Gasteiger partial charge is 0.478 e. The highest BCUT2D eigenvalue weighted by Crippen LogP contribution is 2.34. The van der Waals surface area contributed by atoms with Crippen molar-refractivity contribution in [3.05, 3.63) is 68.5 Å². The molecule has 0 aliphatic carbocycles. The highest BCUT2D eigenvalue weighted by molar-refractivity contribution is 8.18. The number of amides is 1. The maximum atomic E-state index is 12.4. The lowest BCUT2D eigenvalue weighted by Crippen LogP contribution is -2.23. The second-order valence-electron chi connectivity index (χ2n) is 5.39. The van der Waals surface area contributed by atoms with Gasteiger partial charge in [0.1, 0.15) is 0 Å². The predicted octanol–water partition coefficient (Wildman–Crippen LogP) is 4.93. The monoisotopic (exact) mass is 406 g/mol. The van der Waals surface area contributed by atoms with Gasteiger partial charge in [0.15, 0.2) is 5.17 Å². The number of aliphatic imine (C=N–C) groups is 1. The molecule has 0 radical (unpaired) electrons. The summed E-state index contributed by atoms with van der Waals surface area (Å²) in [5, 5.41) is 10.3. The maximum absolute atomic E-state index is 12.4. The minimum Gasteiger partial charge on any atom is -0.478 e. The molecular formula is C18H12Cl2N2O3S. The van der Waals surface area contributed by atoms with E-state index in [0.29, 0.717) is 25.8 Å². The van der Waals surface area contributed by atoms with Crippen LogP contribution in [-0.4, -0.2) is 34.1 Å². The van der Waals surface area contributed by atoms with Crippen molar-refractivity contribution in [2.75, 3.05) is 7.05 Å². The zero-order chi connectivity index (χ0) is 18.8. The highest BCUT2D eigenvalue weighted by atomic mass is 35.5. The summed E-state index contributed by atoms with van der Waals surface area (Å²) in [5.74, 6) is -1.18. The third-order valence-corrected chi connectivity index (χ3v) is 5.38. The first-order chi connectivity index (χ1) is 12.3. The third-order valence-electron chi connectivity index (χ3n) is 3.58. The van der Waals surface area contributed by atoms with Gasteiger partial charge in [-0.3, -0.25) is 9.69 Å². The number of aromatic carboxylic acids is 1. The Morgan fingerprint density at radius 1 is 1.15 bits per heavy atom. The summed E-state index contributed by atoms with van der Waals surface area (Å²) in [6.45, 7) is 0. The van der Waals surface area contributed by atoms with Crippen molar-refractivity contribution >= 4 is 63.8 Å². The van der Waals surface area contributed by atoms with Gasteiger partial charge in [0.25, 0.3) is 5.91 Å². The Bertz CT molecular complexity index is 955. The fraction of sp³-hybridized carbons (Fsp3) is 0.0556. The van der Waals surface area contributed by atoms with Crippen LogP contribution in [0.2, 0.25) is 10.0 Å². The molecule has 0 spiro atoms. The summed E-state index contributed by atoms with van der Waals surface area (Å²) in [7, 11) is 1.63. The summed E-state index contributed by atoms with van der Waals surface area (Å²) in [6.07, 6.45) is 1.72. The van der Waals surface area contributed by atoms with Crippen molar-refractivity contribution in [3.8, 4) is 0 Å². The lowest BCUT2D eigenvalue weighted by Gasteiger charge is -2.07. The van der Waals surface area contributed by atoms with E-state index in [9.17, 15) is 9.59 Å². The number of likely N-dealkylation sites (N-methyl/N-ethyl adjacent to an activating group) is 1. The number of hydrogen-bond donors (Lipinski definition) is 1. The molecule has 5 nitrogen and oxygen atoms in total. The number of hydrogen-bond acceptors (Lipinski definition) is 4. The quantitative estimate of drug-likeness (QED) is 0.733. The van der Waals surface area contributed by atoms with Gasteiger partial charge < -0.3 is 5.11 Å². The second-order valence-corrected chi connectivity index (χ2v) is 7.22. The topological polar surface area (TPSA) is 70.0 Å². The first-order valence-electron chi connectivity index (χ1n) is 7.40. The molecule has 8 heteroatoms. The first-order valence-corrected chi connectivity index (χ1v) is 8.97. The van der Waals surface area contributed by atoms with Crippen LogP contribution in [0, 0.1) is 0 Å². The van der Waals surface area contributed by atoms with E-state index >= 15 is 0 Å². The van der Waals surface area contributed by atoms with Gasteiger partial charge in [0, 0.05) is 7.05 Å². The van der Waals surface area contributed by atoms with Crippen molar-refractivity contribution in [2.45, 2.75) is 0 Å². The number of benzene rings is 2. The molecule has 132 valence electrons. The smallest absolute Gasteiger partial charge is 0.335 e. The molecule has 2 aromatic carbocycles. The van der Waals surface area contributed by atoms with Crippen molar-refractivity contribution in [1.29, 1.82) is 0 Å². The van der Waals surface area contributed by atoms with Crippen LogP contribution in [-0.2, 0) is 4.79 Å². The SMILES string of the molecule is CN1C(=O)/C(=C/c2ccc(Cl)c(Cl)c2)SC1=Nc1ccc(C(=O)O)cc1. The molecular weight excluding hydrogens is 395 g/mol. The van der Waals surface area contributed by atoms with Crippen molar-refractivity contribution in [3.63, 3.8) is 0 Å². The Balaban J connectivity index is 1.87. The minimum atomic E-state index is -1.00. The summed E-state index contributed by atoms with van der Waals surface area (Å²) >= 11 is 13.1. The van der Waals surface area contributed by atoms with Crippen LogP contribution in [0.4, 0.5) is 5.69 Å². The van der Waals surface area contributed by atoms with Crippen LogP contribution in [0.5, 0.6) is 0 Å². The number of rotatable bonds is 3. The average Bonchev–Trinajstić information content (AvgIpc) is 2.87. The van der Waals surface area contributed by atoms with E-state index in [1.54, 1.807) is 43.5 Å². The van der Waals surface area contributed by atoms with Gasteiger partial charge in [-0.1, -0.05) is 29.3 Å². The number of carbonyl (C=O) groups is 2. The lowest BCUT2D eigenvalue weighted by atomic mass is 10.2. The molecule has 1 amide bonds. The Kier molecular flexibility index (Phi) is 5.36. The first kappa shape index (κ1) is 18.5. The zero-order valence-corrected chi connectivity index (χ0v) is 15.8. The van der Waals surface area contributed by atoms with Gasteiger partial charge in [-0.05, 0) is 59.8 Å².